The van der Waals surface area contributed by atoms with Crippen molar-refractivity contribution in [1.82, 2.24) is 0 Å². The van der Waals surface area contributed by atoms with Gasteiger partial charge in [-0.1, -0.05) is 11.8 Å². The number of non-ortho nitro benzene ring substituents is 1. The molecule has 0 spiro atoms. The van der Waals surface area contributed by atoms with Gasteiger partial charge in [-0.05, 0) is 6.07 Å². The predicted molar refractivity (Wildman–Crippen MR) is 63.2 cm³/mol. The first-order chi connectivity index (χ1) is 8.36. The van der Waals surface area contributed by atoms with Crippen molar-refractivity contribution in [2.75, 3.05) is 6.61 Å². The van der Waals surface area contributed by atoms with Crippen LogP contribution < -0.4 is 5.90 Å². The van der Waals surface area contributed by atoms with Gasteiger partial charge in [-0.2, -0.15) is 0 Å². The predicted octanol–water partition coefficient (Wildman–Crippen LogP) is 0.764. The Balaban J connectivity index is 3.37. The van der Waals surface area contributed by atoms with E-state index in [-0.39, 0.29) is 12.2 Å². The van der Waals surface area contributed by atoms with Crippen molar-refractivity contribution in [3.05, 3.63) is 33.9 Å². The summed E-state index contributed by atoms with van der Waals surface area (Å²) in [6, 6.07) is 3.16. The van der Waals surface area contributed by atoms with Gasteiger partial charge in [0.25, 0.3) is 14.7 Å². The van der Waals surface area contributed by atoms with Crippen LogP contribution in [-0.2, 0) is 13.9 Å². The standard InChI is InChI=1S/C9H7ClN2O5S/c10-18(15,16)9-6-8(12(13)14)4-3-7(9)2-1-5-17-11/h3-4,6H,5,11H2. The van der Waals surface area contributed by atoms with Crippen LogP contribution in [0.4, 0.5) is 5.69 Å². The summed E-state index contributed by atoms with van der Waals surface area (Å²) in [6.07, 6.45) is 0. The van der Waals surface area contributed by atoms with Crippen molar-refractivity contribution in [1.29, 1.82) is 0 Å². The molecule has 7 nitrogen and oxygen atoms in total. The molecule has 0 aromatic heterocycles. The highest BCUT2D eigenvalue weighted by Crippen LogP contribution is 2.24. The molecule has 0 heterocycles. The van der Waals surface area contributed by atoms with Gasteiger partial charge in [0.2, 0.25) is 0 Å². The molecule has 96 valence electrons. The van der Waals surface area contributed by atoms with Crippen LogP contribution in [0, 0.1) is 22.0 Å². The fraction of sp³-hybridized carbons (Fsp3) is 0.111. The summed E-state index contributed by atoms with van der Waals surface area (Å²) in [6.45, 7) is -0.112. The average molecular weight is 291 g/mol. The van der Waals surface area contributed by atoms with Crippen molar-refractivity contribution < 1.29 is 18.2 Å². The van der Waals surface area contributed by atoms with Gasteiger partial charge in [0.1, 0.15) is 11.5 Å². The Morgan fingerprint density at radius 2 is 2.17 bits per heavy atom. The number of halogens is 1. The topological polar surface area (TPSA) is 113 Å². The Morgan fingerprint density at radius 3 is 2.67 bits per heavy atom. The van der Waals surface area contributed by atoms with E-state index in [1.54, 1.807) is 0 Å². The first-order valence-corrected chi connectivity index (χ1v) is 6.71. The number of nitrogens with two attached hydrogens (primary N) is 1. The van der Waals surface area contributed by atoms with E-state index >= 15 is 0 Å². The molecule has 1 rings (SSSR count). The lowest BCUT2D eigenvalue weighted by Crippen LogP contribution is -1.99. The third-order valence-electron chi connectivity index (χ3n) is 1.82. The fourth-order valence-electron chi connectivity index (χ4n) is 1.10. The van der Waals surface area contributed by atoms with Crippen LogP contribution in [-0.4, -0.2) is 19.9 Å². The largest absolute Gasteiger partial charge is 0.292 e. The fourth-order valence-corrected chi connectivity index (χ4v) is 2.13. The number of hydrogen-bond donors (Lipinski definition) is 1. The van der Waals surface area contributed by atoms with E-state index in [2.05, 4.69) is 16.7 Å². The molecule has 0 unspecified atom stereocenters. The second kappa shape index (κ2) is 5.79. The number of hydrogen-bond acceptors (Lipinski definition) is 6. The van der Waals surface area contributed by atoms with Crippen LogP contribution in [0.15, 0.2) is 23.1 Å². The molecule has 1 aromatic carbocycles. The van der Waals surface area contributed by atoms with Crippen molar-refractivity contribution in [2.24, 2.45) is 5.90 Å². The third-order valence-corrected chi connectivity index (χ3v) is 3.18. The van der Waals surface area contributed by atoms with Gasteiger partial charge in [0.15, 0.2) is 0 Å². The van der Waals surface area contributed by atoms with Crippen LogP contribution in [0.1, 0.15) is 5.56 Å². The molecule has 1 aromatic rings. The molecule has 0 aliphatic carbocycles. The molecule has 9 heteroatoms. The van der Waals surface area contributed by atoms with E-state index in [1.165, 1.54) is 6.07 Å². The Hall–Kier alpha value is -1.66. The molecule has 0 bridgehead atoms. The summed E-state index contributed by atoms with van der Waals surface area (Å²) in [5, 5.41) is 10.5. The molecule has 0 radical (unpaired) electrons. The van der Waals surface area contributed by atoms with Crippen LogP contribution in [0.25, 0.3) is 0 Å². The molecular formula is C9H7ClN2O5S. The SMILES string of the molecule is NOCC#Cc1ccc([N+](=O)[O-])cc1S(=O)(=O)Cl. The van der Waals surface area contributed by atoms with Gasteiger partial charge in [-0.3, -0.25) is 15.0 Å². The van der Waals surface area contributed by atoms with Gasteiger partial charge in [0.05, 0.1) is 4.92 Å². The Bertz CT molecular complexity index is 632. The quantitative estimate of drug-likeness (QED) is 0.381. The van der Waals surface area contributed by atoms with Crippen LogP contribution >= 0.6 is 10.7 Å². The molecule has 0 aliphatic rings. The van der Waals surface area contributed by atoms with Gasteiger partial charge < -0.3 is 0 Å². The van der Waals surface area contributed by atoms with Gasteiger partial charge in [-0.15, -0.1) is 0 Å². The Morgan fingerprint density at radius 1 is 1.50 bits per heavy atom. The zero-order valence-electron chi connectivity index (χ0n) is 8.79. The lowest BCUT2D eigenvalue weighted by atomic mass is 10.2. The van der Waals surface area contributed by atoms with E-state index in [1.807, 2.05) is 0 Å². The summed E-state index contributed by atoms with van der Waals surface area (Å²) >= 11 is 0. The number of nitro benzene ring substituents is 1. The van der Waals surface area contributed by atoms with E-state index in [9.17, 15) is 18.5 Å². The maximum atomic E-state index is 11.3. The smallest absolute Gasteiger partial charge is 0.270 e. The minimum absolute atomic E-state index is 0.0349. The van der Waals surface area contributed by atoms with Gasteiger partial charge in [-0.25, -0.2) is 14.3 Å². The van der Waals surface area contributed by atoms with Gasteiger partial charge >= 0.3 is 0 Å². The molecule has 0 atom stereocenters. The summed E-state index contributed by atoms with van der Waals surface area (Å²) in [5.41, 5.74) is -0.359. The van der Waals surface area contributed by atoms with Gasteiger partial charge in [0, 0.05) is 28.4 Å². The molecule has 0 fully saturated rings. The maximum absolute atomic E-state index is 11.3. The number of rotatable bonds is 3. The van der Waals surface area contributed by atoms with Crippen molar-refractivity contribution in [2.45, 2.75) is 4.90 Å². The highest BCUT2D eigenvalue weighted by Gasteiger charge is 2.19. The molecule has 0 amide bonds. The zero-order chi connectivity index (χ0) is 13.8. The summed E-state index contributed by atoms with van der Waals surface area (Å²) in [4.78, 5) is 13.6. The van der Waals surface area contributed by atoms with Crippen molar-refractivity contribution in [3.63, 3.8) is 0 Å². The lowest BCUT2D eigenvalue weighted by Gasteiger charge is -2.00. The first-order valence-electron chi connectivity index (χ1n) is 4.40. The van der Waals surface area contributed by atoms with E-state index in [4.69, 9.17) is 16.6 Å². The zero-order valence-corrected chi connectivity index (χ0v) is 10.4. The average Bonchev–Trinajstić information content (AvgIpc) is 2.28. The second-order valence-corrected chi connectivity index (χ2v) is 5.52. The monoisotopic (exact) mass is 290 g/mol. The maximum Gasteiger partial charge on any atom is 0.270 e. The number of nitro groups is 1. The minimum Gasteiger partial charge on any atom is -0.292 e. The van der Waals surface area contributed by atoms with Crippen LogP contribution in [0.5, 0.6) is 0 Å². The first kappa shape index (κ1) is 14.4. The highest BCUT2D eigenvalue weighted by atomic mass is 35.7. The minimum atomic E-state index is -4.13. The summed E-state index contributed by atoms with van der Waals surface area (Å²) in [5.74, 6) is 9.61. The molecule has 0 saturated heterocycles. The normalized spacial score (nSPS) is 10.6. The molecular weight excluding hydrogens is 284 g/mol. The summed E-state index contributed by atoms with van der Waals surface area (Å²) in [7, 11) is 1.05. The van der Waals surface area contributed by atoms with Crippen molar-refractivity contribution in [3.8, 4) is 11.8 Å². The third kappa shape index (κ3) is 3.68. The number of nitrogens with zero attached hydrogens (tertiary/aromatic N) is 1. The lowest BCUT2D eigenvalue weighted by molar-refractivity contribution is -0.385. The summed E-state index contributed by atoms with van der Waals surface area (Å²) < 4.78 is 22.6. The Labute approximate surface area is 107 Å². The van der Waals surface area contributed by atoms with E-state index < -0.39 is 24.6 Å². The Kier molecular flexibility index (Phi) is 4.63. The number of benzene rings is 1. The van der Waals surface area contributed by atoms with Crippen molar-refractivity contribution >= 4 is 25.4 Å². The molecule has 2 N–H and O–H groups in total. The molecule has 0 saturated carbocycles. The van der Waals surface area contributed by atoms with Crippen LogP contribution in [0.3, 0.4) is 0 Å². The van der Waals surface area contributed by atoms with E-state index in [0.717, 1.165) is 12.1 Å². The molecule has 0 aliphatic heterocycles. The second-order valence-electron chi connectivity index (χ2n) is 2.99. The van der Waals surface area contributed by atoms with E-state index in [0.29, 0.717) is 0 Å². The van der Waals surface area contributed by atoms with Crippen LogP contribution in [0.2, 0.25) is 0 Å². The highest BCUT2D eigenvalue weighted by molar-refractivity contribution is 8.13. The molecule has 18 heavy (non-hydrogen) atoms.